The van der Waals surface area contributed by atoms with E-state index in [1.54, 1.807) is 0 Å². The fourth-order valence-electron chi connectivity index (χ4n) is 4.07. The standard InChI is InChI=1S/C18H23NO/c1-13-9-17(2,3)12-18(20,10-13)15-8-14-6-4-5-7-16(14)19-11-15/h4-8,11,13,20H,9-10,12H2,1-3H3. The Morgan fingerprint density at radius 1 is 1.20 bits per heavy atom. The van der Waals surface area contributed by atoms with Gasteiger partial charge in [0.15, 0.2) is 0 Å². The van der Waals surface area contributed by atoms with Crippen LogP contribution in [-0.4, -0.2) is 10.1 Å². The maximum absolute atomic E-state index is 11.2. The first-order chi connectivity index (χ1) is 9.38. The van der Waals surface area contributed by atoms with Crippen molar-refractivity contribution >= 4 is 10.9 Å². The number of aliphatic hydroxyl groups is 1. The number of fused-ring (bicyclic) bond motifs is 1. The number of aromatic nitrogens is 1. The zero-order valence-electron chi connectivity index (χ0n) is 12.6. The van der Waals surface area contributed by atoms with Crippen LogP contribution in [0, 0.1) is 11.3 Å². The lowest BCUT2D eigenvalue weighted by molar-refractivity contribution is -0.0636. The number of nitrogens with zero attached hydrogens (tertiary/aromatic N) is 1. The maximum Gasteiger partial charge on any atom is 0.0919 e. The molecule has 1 N–H and O–H groups in total. The molecule has 0 saturated heterocycles. The molecule has 0 bridgehead atoms. The number of benzene rings is 1. The molecule has 3 rings (SSSR count). The summed E-state index contributed by atoms with van der Waals surface area (Å²) in [6, 6.07) is 10.2. The molecule has 1 aromatic heterocycles. The van der Waals surface area contributed by atoms with Crippen LogP contribution in [0.1, 0.15) is 45.6 Å². The average molecular weight is 269 g/mol. The Bertz CT molecular complexity index is 634. The lowest BCUT2D eigenvalue weighted by atomic mass is 9.64. The Balaban J connectivity index is 2.04. The van der Waals surface area contributed by atoms with Crippen LogP contribution in [0.2, 0.25) is 0 Å². The van der Waals surface area contributed by atoms with Crippen LogP contribution < -0.4 is 0 Å². The maximum atomic E-state index is 11.2. The summed E-state index contributed by atoms with van der Waals surface area (Å²) in [5.74, 6) is 0.537. The molecule has 1 saturated carbocycles. The van der Waals surface area contributed by atoms with E-state index in [0.29, 0.717) is 5.92 Å². The summed E-state index contributed by atoms with van der Waals surface area (Å²) >= 11 is 0. The van der Waals surface area contributed by atoms with Crippen molar-refractivity contribution in [1.82, 2.24) is 4.98 Å². The molecule has 0 amide bonds. The highest BCUT2D eigenvalue weighted by atomic mass is 16.3. The number of rotatable bonds is 1. The lowest BCUT2D eigenvalue weighted by Crippen LogP contribution is -2.40. The third kappa shape index (κ3) is 2.45. The van der Waals surface area contributed by atoms with Gasteiger partial charge in [0, 0.05) is 17.1 Å². The highest BCUT2D eigenvalue weighted by Gasteiger charge is 2.42. The molecule has 106 valence electrons. The third-order valence-corrected chi connectivity index (χ3v) is 4.49. The van der Waals surface area contributed by atoms with Gasteiger partial charge in [-0.25, -0.2) is 0 Å². The van der Waals surface area contributed by atoms with E-state index in [2.05, 4.69) is 37.9 Å². The molecule has 2 nitrogen and oxygen atoms in total. The van der Waals surface area contributed by atoms with Gasteiger partial charge in [0.05, 0.1) is 11.1 Å². The molecule has 2 aromatic rings. The van der Waals surface area contributed by atoms with E-state index in [1.165, 1.54) is 6.42 Å². The van der Waals surface area contributed by atoms with Crippen molar-refractivity contribution in [2.24, 2.45) is 11.3 Å². The SMILES string of the molecule is CC1CC(C)(C)CC(O)(c2cnc3ccccc3c2)C1. The molecule has 1 aliphatic rings. The second-order valence-electron chi connectivity index (χ2n) is 7.30. The summed E-state index contributed by atoms with van der Waals surface area (Å²) in [6.45, 7) is 6.74. The molecule has 1 fully saturated rings. The number of pyridine rings is 1. The van der Waals surface area contributed by atoms with Crippen LogP contribution in [0.15, 0.2) is 36.5 Å². The molecule has 2 heteroatoms. The van der Waals surface area contributed by atoms with Gasteiger partial charge in [-0.05, 0) is 42.7 Å². The van der Waals surface area contributed by atoms with Crippen molar-refractivity contribution in [2.45, 2.75) is 45.6 Å². The van der Waals surface area contributed by atoms with Gasteiger partial charge in [-0.2, -0.15) is 0 Å². The second kappa shape index (κ2) is 4.56. The molecule has 0 aliphatic heterocycles. The van der Waals surface area contributed by atoms with Crippen LogP contribution in [0.25, 0.3) is 10.9 Å². The predicted octanol–water partition coefficient (Wildman–Crippen LogP) is 4.27. The van der Waals surface area contributed by atoms with E-state index in [-0.39, 0.29) is 5.41 Å². The van der Waals surface area contributed by atoms with E-state index < -0.39 is 5.60 Å². The molecular formula is C18H23NO. The van der Waals surface area contributed by atoms with E-state index in [4.69, 9.17) is 0 Å². The van der Waals surface area contributed by atoms with Crippen molar-refractivity contribution in [3.63, 3.8) is 0 Å². The van der Waals surface area contributed by atoms with E-state index in [1.807, 2.05) is 24.4 Å². The molecule has 1 aromatic carbocycles. The first-order valence-corrected chi connectivity index (χ1v) is 7.46. The molecule has 0 spiro atoms. The van der Waals surface area contributed by atoms with Gasteiger partial charge in [-0.15, -0.1) is 0 Å². The molecule has 20 heavy (non-hydrogen) atoms. The van der Waals surface area contributed by atoms with Crippen molar-refractivity contribution in [3.8, 4) is 0 Å². The molecule has 2 unspecified atom stereocenters. The van der Waals surface area contributed by atoms with Gasteiger partial charge in [-0.3, -0.25) is 4.98 Å². The highest BCUT2D eigenvalue weighted by molar-refractivity contribution is 5.78. The minimum atomic E-state index is -0.738. The third-order valence-electron chi connectivity index (χ3n) is 4.49. The summed E-state index contributed by atoms with van der Waals surface area (Å²) in [4.78, 5) is 4.51. The molecule has 2 atom stereocenters. The van der Waals surface area contributed by atoms with Crippen LogP contribution >= 0.6 is 0 Å². The predicted molar refractivity (Wildman–Crippen MR) is 82.4 cm³/mol. The van der Waals surface area contributed by atoms with Crippen molar-refractivity contribution < 1.29 is 5.11 Å². The molecular weight excluding hydrogens is 246 g/mol. The lowest BCUT2D eigenvalue weighted by Gasteiger charge is -2.44. The zero-order chi connectivity index (χ0) is 14.4. The van der Waals surface area contributed by atoms with Crippen molar-refractivity contribution in [1.29, 1.82) is 0 Å². The Kier molecular flexibility index (Phi) is 3.09. The minimum Gasteiger partial charge on any atom is -0.385 e. The fourth-order valence-corrected chi connectivity index (χ4v) is 4.07. The smallest absolute Gasteiger partial charge is 0.0919 e. The number of para-hydroxylation sites is 1. The van der Waals surface area contributed by atoms with Gasteiger partial charge < -0.3 is 5.11 Å². The molecule has 0 radical (unpaired) electrons. The second-order valence-corrected chi connectivity index (χ2v) is 7.30. The van der Waals surface area contributed by atoms with E-state index in [0.717, 1.165) is 29.3 Å². The van der Waals surface area contributed by atoms with Crippen LogP contribution in [-0.2, 0) is 5.60 Å². The van der Waals surface area contributed by atoms with Gasteiger partial charge in [0.2, 0.25) is 0 Å². The van der Waals surface area contributed by atoms with E-state index in [9.17, 15) is 5.11 Å². The molecule has 1 aliphatic carbocycles. The van der Waals surface area contributed by atoms with Crippen molar-refractivity contribution in [2.75, 3.05) is 0 Å². The normalized spacial score (nSPS) is 29.5. The molecule has 1 heterocycles. The Morgan fingerprint density at radius 2 is 1.95 bits per heavy atom. The van der Waals surface area contributed by atoms with Crippen LogP contribution in [0.5, 0.6) is 0 Å². The van der Waals surface area contributed by atoms with Crippen molar-refractivity contribution in [3.05, 3.63) is 42.1 Å². The number of hydrogen-bond donors (Lipinski definition) is 1. The summed E-state index contributed by atoms with van der Waals surface area (Å²) < 4.78 is 0. The van der Waals surface area contributed by atoms with E-state index >= 15 is 0 Å². The monoisotopic (exact) mass is 269 g/mol. The van der Waals surface area contributed by atoms with Crippen LogP contribution in [0.4, 0.5) is 0 Å². The summed E-state index contributed by atoms with van der Waals surface area (Å²) in [7, 11) is 0. The quantitative estimate of drug-likeness (QED) is 0.838. The van der Waals surface area contributed by atoms with Gasteiger partial charge in [0.1, 0.15) is 0 Å². The van der Waals surface area contributed by atoms with Gasteiger partial charge >= 0.3 is 0 Å². The minimum absolute atomic E-state index is 0.179. The number of hydrogen-bond acceptors (Lipinski definition) is 2. The first-order valence-electron chi connectivity index (χ1n) is 7.46. The average Bonchev–Trinajstić information content (AvgIpc) is 2.35. The summed E-state index contributed by atoms with van der Waals surface area (Å²) in [6.07, 6.45) is 4.67. The fraction of sp³-hybridized carbons (Fsp3) is 0.500. The Morgan fingerprint density at radius 3 is 2.70 bits per heavy atom. The van der Waals surface area contributed by atoms with Crippen LogP contribution in [0.3, 0.4) is 0 Å². The summed E-state index contributed by atoms with van der Waals surface area (Å²) in [5.41, 5.74) is 1.40. The Labute approximate surface area is 120 Å². The Hall–Kier alpha value is -1.41. The van der Waals surface area contributed by atoms with Gasteiger partial charge in [0.25, 0.3) is 0 Å². The van der Waals surface area contributed by atoms with Gasteiger partial charge in [-0.1, -0.05) is 39.0 Å². The highest BCUT2D eigenvalue weighted by Crippen LogP contribution is 2.48. The largest absolute Gasteiger partial charge is 0.385 e. The first kappa shape index (κ1) is 13.6. The zero-order valence-corrected chi connectivity index (χ0v) is 12.6. The topological polar surface area (TPSA) is 33.1 Å². The summed E-state index contributed by atoms with van der Waals surface area (Å²) in [5, 5.41) is 12.3.